The number of para-hydroxylation sites is 2. The number of aromatic nitrogens is 2. The molecule has 0 atom stereocenters. The van der Waals surface area contributed by atoms with E-state index >= 15 is 0 Å². The molecule has 1 aliphatic heterocycles. The van der Waals surface area contributed by atoms with Gasteiger partial charge in [0.15, 0.2) is 0 Å². The van der Waals surface area contributed by atoms with E-state index in [4.69, 9.17) is 11.6 Å². The summed E-state index contributed by atoms with van der Waals surface area (Å²) in [7, 11) is 0. The van der Waals surface area contributed by atoms with Gasteiger partial charge in [0.2, 0.25) is 0 Å². The highest BCUT2D eigenvalue weighted by Crippen LogP contribution is 2.34. The molecular formula is C20H18ClF3N4O. The van der Waals surface area contributed by atoms with Crippen LogP contribution < -0.4 is 5.32 Å². The maximum absolute atomic E-state index is 12.9. The molecular weight excluding hydrogens is 405 g/mol. The number of anilines is 1. The van der Waals surface area contributed by atoms with Gasteiger partial charge in [-0.15, -0.1) is 0 Å². The molecule has 1 saturated heterocycles. The Morgan fingerprint density at radius 3 is 2.59 bits per heavy atom. The Labute approximate surface area is 169 Å². The monoisotopic (exact) mass is 422 g/mol. The van der Waals surface area contributed by atoms with E-state index in [-0.39, 0.29) is 16.6 Å². The lowest BCUT2D eigenvalue weighted by Gasteiger charge is -2.31. The van der Waals surface area contributed by atoms with Gasteiger partial charge in [-0.05, 0) is 43.2 Å². The van der Waals surface area contributed by atoms with E-state index in [2.05, 4.69) is 15.3 Å². The van der Waals surface area contributed by atoms with Crippen LogP contribution in [0, 0.1) is 0 Å². The number of carbonyl (C=O) groups is 1. The summed E-state index contributed by atoms with van der Waals surface area (Å²) in [6.07, 6.45) is -3.08. The predicted molar refractivity (Wildman–Crippen MR) is 105 cm³/mol. The molecule has 2 N–H and O–H groups in total. The van der Waals surface area contributed by atoms with Crippen LogP contribution in [0.2, 0.25) is 5.02 Å². The minimum Gasteiger partial charge on any atom is -0.342 e. The van der Waals surface area contributed by atoms with Crippen molar-refractivity contribution in [3.8, 4) is 0 Å². The fourth-order valence-corrected chi connectivity index (χ4v) is 3.68. The quantitative estimate of drug-likeness (QED) is 0.561. The van der Waals surface area contributed by atoms with Crippen LogP contribution in [0.1, 0.15) is 30.1 Å². The summed E-state index contributed by atoms with van der Waals surface area (Å²) in [4.78, 5) is 22.0. The smallest absolute Gasteiger partial charge is 0.342 e. The minimum absolute atomic E-state index is 0.0501. The third-order valence-electron chi connectivity index (χ3n) is 5.11. The molecule has 9 heteroatoms. The van der Waals surface area contributed by atoms with Crippen LogP contribution in [0.15, 0.2) is 42.5 Å². The zero-order valence-corrected chi connectivity index (χ0v) is 16.0. The summed E-state index contributed by atoms with van der Waals surface area (Å²) >= 11 is 5.96. The third kappa shape index (κ3) is 4.17. The Morgan fingerprint density at radius 2 is 1.90 bits per heavy atom. The average Bonchev–Trinajstić information content (AvgIpc) is 3.13. The number of hydrogen-bond acceptors (Lipinski definition) is 2. The average molecular weight is 423 g/mol. The van der Waals surface area contributed by atoms with Crippen molar-refractivity contribution in [2.75, 3.05) is 18.4 Å². The van der Waals surface area contributed by atoms with Gasteiger partial charge in [-0.25, -0.2) is 9.78 Å². The number of alkyl halides is 3. The SMILES string of the molecule is O=C(Nc1cc(C(F)(F)F)ccc1Cl)N1CCC(c2nc3ccccc3[nH]2)CC1. The van der Waals surface area contributed by atoms with Crippen molar-refractivity contribution in [1.29, 1.82) is 0 Å². The number of rotatable bonds is 2. The van der Waals surface area contributed by atoms with Crippen LogP contribution in [0.3, 0.4) is 0 Å². The van der Waals surface area contributed by atoms with E-state index in [1.54, 1.807) is 4.90 Å². The summed E-state index contributed by atoms with van der Waals surface area (Å²) in [5.74, 6) is 1.09. The van der Waals surface area contributed by atoms with Crippen molar-refractivity contribution in [1.82, 2.24) is 14.9 Å². The first-order valence-corrected chi connectivity index (χ1v) is 9.56. The first kappa shape index (κ1) is 19.6. The molecule has 3 aromatic rings. The van der Waals surface area contributed by atoms with Gasteiger partial charge in [0.05, 0.1) is 27.3 Å². The summed E-state index contributed by atoms with van der Waals surface area (Å²) in [6.45, 7) is 0.953. The summed E-state index contributed by atoms with van der Waals surface area (Å²) in [5.41, 5.74) is 0.968. The molecule has 1 fully saturated rings. The van der Waals surface area contributed by atoms with Gasteiger partial charge >= 0.3 is 12.2 Å². The van der Waals surface area contributed by atoms with Crippen molar-refractivity contribution in [3.63, 3.8) is 0 Å². The Hall–Kier alpha value is -2.74. The van der Waals surface area contributed by atoms with Crippen LogP contribution >= 0.6 is 11.6 Å². The van der Waals surface area contributed by atoms with Crippen LogP contribution in [-0.4, -0.2) is 34.0 Å². The standard InChI is InChI=1S/C20H18ClF3N4O/c21-14-6-5-13(20(22,23)24)11-17(14)27-19(29)28-9-7-12(8-10-28)18-25-15-3-1-2-4-16(15)26-18/h1-6,11-12H,7-10H2,(H,25,26)(H,27,29). The van der Waals surface area contributed by atoms with Crippen LogP contribution in [0.5, 0.6) is 0 Å². The lowest BCUT2D eigenvalue weighted by Crippen LogP contribution is -2.40. The largest absolute Gasteiger partial charge is 0.416 e. The molecule has 4 rings (SSSR count). The van der Waals surface area contributed by atoms with Crippen LogP contribution in [0.25, 0.3) is 11.0 Å². The first-order chi connectivity index (χ1) is 13.8. The third-order valence-corrected chi connectivity index (χ3v) is 5.44. The number of halogens is 4. The van der Waals surface area contributed by atoms with Crippen molar-refractivity contribution in [3.05, 3.63) is 58.9 Å². The van der Waals surface area contributed by atoms with Crippen LogP contribution in [-0.2, 0) is 6.18 Å². The van der Waals surface area contributed by atoms with Gasteiger partial charge in [-0.1, -0.05) is 23.7 Å². The second-order valence-electron chi connectivity index (χ2n) is 7.02. The number of H-pyrrole nitrogens is 1. The highest BCUT2D eigenvalue weighted by atomic mass is 35.5. The number of piperidine rings is 1. The topological polar surface area (TPSA) is 61.0 Å². The molecule has 0 bridgehead atoms. The van der Waals surface area contributed by atoms with E-state index in [0.717, 1.165) is 35.1 Å². The van der Waals surface area contributed by atoms with Crippen molar-refractivity contribution in [2.45, 2.75) is 24.9 Å². The molecule has 0 radical (unpaired) electrons. The number of imidazole rings is 1. The zero-order chi connectivity index (χ0) is 20.6. The number of nitrogens with one attached hydrogen (secondary N) is 2. The fraction of sp³-hybridized carbons (Fsp3) is 0.300. The molecule has 2 aromatic carbocycles. The number of nitrogens with zero attached hydrogens (tertiary/aromatic N) is 2. The molecule has 0 saturated carbocycles. The molecule has 0 unspecified atom stereocenters. The van der Waals surface area contributed by atoms with Gasteiger partial charge in [0, 0.05) is 19.0 Å². The first-order valence-electron chi connectivity index (χ1n) is 9.18. The van der Waals surface area contributed by atoms with E-state index in [9.17, 15) is 18.0 Å². The molecule has 29 heavy (non-hydrogen) atoms. The molecule has 1 aromatic heterocycles. The predicted octanol–water partition coefficient (Wildman–Crippen LogP) is 5.65. The van der Waals surface area contributed by atoms with Gasteiger partial charge < -0.3 is 15.2 Å². The van der Waals surface area contributed by atoms with E-state index in [1.807, 2.05) is 24.3 Å². The maximum atomic E-state index is 12.9. The second kappa shape index (κ2) is 7.59. The van der Waals surface area contributed by atoms with E-state index in [0.29, 0.717) is 25.9 Å². The number of carbonyl (C=O) groups excluding carboxylic acids is 1. The second-order valence-corrected chi connectivity index (χ2v) is 7.43. The van der Waals surface area contributed by atoms with Gasteiger partial charge in [0.25, 0.3) is 0 Å². The Morgan fingerprint density at radius 1 is 1.17 bits per heavy atom. The van der Waals surface area contributed by atoms with Gasteiger partial charge in [0.1, 0.15) is 5.82 Å². The normalized spacial score (nSPS) is 15.7. The summed E-state index contributed by atoms with van der Waals surface area (Å²) in [5, 5.41) is 2.56. The van der Waals surface area contributed by atoms with E-state index in [1.165, 1.54) is 0 Å². The molecule has 0 spiro atoms. The number of likely N-dealkylation sites (tertiary alicyclic amines) is 1. The number of fused-ring (bicyclic) bond motifs is 1. The number of aromatic amines is 1. The van der Waals surface area contributed by atoms with Gasteiger partial charge in [-0.2, -0.15) is 13.2 Å². The summed E-state index contributed by atoms with van der Waals surface area (Å²) < 4.78 is 38.7. The lowest BCUT2D eigenvalue weighted by molar-refractivity contribution is -0.137. The summed E-state index contributed by atoms with van der Waals surface area (Å²) in [6, 6.07) is 10.2. The van der Waals surface area contributed by atoms with E-state index < -0.39 is 17.8 Å². The fourth-order valence-electron chi connectivity index (χ4n) is 3.51. The number of urea groups is 1. The number of amides is 2. The molecule has 2 heterocycles. The Balaban J connectivity index is 1.40. The Bertz CT molecular complexity index is 1010. The number of benzene rings is 2. The maximum Gasteiger partial charge on any atom is 0.416 e. The number of hydrogen-bond donors (Lipinski definition) is 2. The Kier molecular flexibility index (Phi) is 5.12. The van der Waals surface area contributed by atoms with Crippen LogP contribution in [0.4, 0.5) is 23.7 Å². The van der Waals surface area contributed by atoms with Crippen molar-refractivity contribution >= 4 is 34.4 Å². The highest BCUT2D eigenvalue weighted by Gasteiger charge is 2.31. The molecule has 152 valence electrons. The highest BCUT2D eigenvalue weighted by molar-refractivity contribution is 6.33. The molecule has 2 amide bonds. The molecule has 5 nitrogen and oxygen atoms in total. The minimum atomic E-state index is -4.50. The van der Waals surface area contributed by atoms with Crippen molar-refractivity contribution in [2.24, 2.45) is 0 Å². The zero-order valence-electron chi connectivity index (χ0n) is 15.3. The van der Waals surface area contributed by atoms with Crippen molar-refractivity contribution < 1.29 is 18.0 Å². The van der Waals surface area contributed by atoms with Gasteiger partial charge in [-0.3, -0.25) is 0 Å². The molecule has 1 aliphatic rings. The molecule has 0 aliphatic carbocycles. The lowest BCUT2D eigenvalue weighted by atomic mass is 9.96.